The first-order chi connectivity index (χ1) is 6.75. The zero-order chi connectivity index (χ0) is 9.71. The molecule has 2 aromatic heterocycles. The first kappa shape index (κ1) is 7.79. The van der Waals surface area contributed by atoms with Crippen LogP contribution in [-0.4, -0.2) is 14.6 Å². The molecule has 2 N–H and O–H groups in total. The van der Waals surface area contributed by atoms with Crippen molar-refractivity contribution in [3.05, 3.63) is 23.7 Å². The van der Waals surface area contributed by atoms with Crippen molar-refractivity contribution in [1.82, 2.24) is 14.6 Å². The number of hydrogen-bond donors (Lipinski definition) is 1. The summed E-state index contributed by atoms with van der Waals surface area (Å²) in [5.41, 5.74) is 8.63. The summed E-state index contributed by atoms with van der Waals surface area (Å²) in [6, 6.07) is 1.98. The molecule has 0 bridgehead atoms. The van der Waals surface area contributed by atoms with E-state index in [2.05, 4.69) is 10.2 Å². The molecule has 2 aromatic rings. The topological polar surface area (TPSA) is 56.2 Å². The van der Waals surface area contributed by atoms with Gasteiger partial charge in [-0.3, -0.25) is 4.40 Å². The average molecular weight is 188 g/mol. The first-order valence-corrected chi connectivity index (χ1v) is 4.86. The monoisotopic (exact) mass is 188 g/mol. The van der Waals surface area contributed by atoms with Crippen LogP contribution in [0.5, 0.6) is 0 Å². The van der Waals surface area contributed by atoms with Crippen LogP contribution in [0, 0.1) is 6.92 Å². The van der Waals surface area contributed by atoms with Gasteiger partial charge in [0, 0.05) is 12.1 Å². The molecule has 1 aliphatic carbocycles. The molecule has 0 radical (unpaired) electrons. The van der Waals surface area contributed by atoms with E-state index >= 15 is 0 Å². The van der Waals surface area contributed by atoms with Crippen LogP contribution in [0.3, 0.4) is 0 Å². The Bertz CT molecular complexity index is 496. The minimum absolute atomic E-state index is 0.604. The average Bonchev–Trinajstić information content (AvgIpc) is 2.91. The van der Waals surface area contributed by atoms with Crippen molar-refractivity contribution in [3.8, 4) is 0 Å². The van der Waals surface area contributed by atoms with Gasteiger partial charge < -0.3 is 5.73 Å². The van der Waals surface area contributed by atoms with Crippen LogP contribution < -0.4 is 5.73 Å². The molecule has 0 aliphatic heterocycles. The van der Waals surface area contributed by atoms with Crippen LogP contribution in [0.2, 0.25) is 0 Å². The van der Waals surface area contributed by atoms with Gasteiger partial charge in [0.2, 0.25) is 0 Å². The fourth-order valence-corrected chi connectivity index (χ4v) is 1.68. The van der Waals surface area contributed by atoms with E-state index in [1.165, 1.54) is 12.8 Å². The summed E-state index contributed by atoms with van der Waals surface area (Å²) < 4.78 is 2.01. The van der Waals surface area contributed by atoms with Crippen LogP contribution in [0.4, 0.5) is 5.69 Å². The Kier molecular flexibility index (Phi) is 1.37. The number of rotatable bonds is 1. The smallest absolute Gasteiger partial charge is 0.161 e. The highest BCUT2D eigenvalue weighted by Gasteiger charge is 2.28. The van der Waals surface area contributed by atoms with Crippen molar-refractivity contribution in [3.63, 3.8) is 0 Å². The number of nitrogen functional groups attached to an aromatic ring is 1. The normalized spacial score (nSPS) is 16.4. The lowest BCUT2D eigenvalue weighted by atomic mass is 10.2. The number of pyridine rings is 1. The minimum Gasteiger partial charge on any atom is -0.397 e. The van der Waals surface area contributed by atoms with Crippen LogP contribution in [0.25, 0.3) is 5.65 Å². The van der Waals surface area contributed by atoms with Crippen molar-refractivity contribution in [2.75, 3.05) is 5.73 Å². The number of aryl methyl sites for hydroxylation is 1. The molecule has 0 atom stereocenters. The van der Waals surface area contributed by atoms with E-state index in [4.69, 9.17) is 5.73 Å². The second kappa shape index (κ2) is 2.47. The number of hydrogen-bond acceptors (Lipinski definition) is 3. The lowest BCUT2D eigenvalue weighted by molar-refractivity contribution is 0.897. The number of nitrogens with two attached hydrogens (primary N) is 1. The van der Waals surface area contributed by atoms with Gasteiger partial charge in [-0.2, -0.15) is 0 Å². The first-order valence-electron chi connectivity index (χ1n) is 4.86. The van der Waals surface area contributed by atoms with Gasteiger partial charge in [-0.1, -0.05) is 0 Å². The molecular formula is C10H12N4. The summed E-state index contributed by atoms with van der Waals surface area (Å²) >= 11 is 0. The third kappa shape index (κ3) is 0.999. The van der Waals surface area contributed by atoms with Gasteiger partial charge in [-0.25, -0.2) is 0 Å². The van der Waals surface area contributed by atoms with Crippen molar-refractivity contribution in [2.24, 2.45) is 0 Å². The summed E-state index contributed by atoms with van der Waals surface area (Å²) in [6.07, 6.45) is 4.39. The molecule has 0 saturated heterocycles. The van der Waals surface area contributed by atoms with Crippen molar-refractivity contribution < 1.29 is 0 Å². The van der Waals surface area contributed by atoms with Gasteiger partial charge in [0.15, 0.2) is 5.65 Å². The summed E-state index contributed by atoms with van der Waals surface area (Å²) in [6.45, 7) is 1.99. The van der Waals surface area contributed by atoms with Gasteiger partial charge in [0.05, 0.1) is 5.69 Å². The van der Waals surface area contributed by atoms with E-state index in [-0.39, 0.29) is 0 Å². The van der Waals surface area contributed by atoms with Gasteiger partial charge in [-0.05, 0) is 31.4 Å². The van der Waals surface area contributed by atoms with Gasteiger partial charge in [0.25, 0.3) is 0 Å². The summed E-state index contributed by atoms with van der Waals surface area (Å²) in [7, 11) is 0. The third-order valence-corrected chi connectivity index (χ3v) is 2.76. The molecule has 0 amide bonds. The number of aromatic nitrogens is 3. The molecule has 72 valence electrons. The van der Waals surface area contributed by atoms with E-state index < -0.39 is 0 Å². The van der Waals surface area contributed by atoms with Crippen LogP contribution in [0.1, 0.15) is 30.1 Å². The second-order valence-electron chi connectivity index (χ2n) is 3.97. The lowest BCUT2D eigenvalue weighted by Gasteiger charge is -2.02. The maximum absolute atomic E-state index is 5.86. The Hall–Kier alpha value is -1.58. The van der Waals surface area contributed by atoms with Crippen LogP contribution in [-0.2, 0) is 0 Å². The van der Waals surface area contributed by atoms with Crippen molar-refractivity contribution in [2.45, 2.75) is 25.7 Å². The number of nitrogens with zero attached hydrogens (tertiary/aromatic N) is 3. The standard InChI is InChI=1S/C10H12N4/c1-6-4-9-12-13-10(7-2-3-7)14(9)5-8(6)11/h4-5,7H,2-3,11H2,1H3. The molecule has 4 nitrogen and oxygen atoms in total. The molecule has 1 aliphatic rings. The minimum atomic E-state index is 0.604. The summed E-state index contributed by atoms with van der Waals surface area (Å²) in [5.74, 6) is 1.67. The molecule has 3 rings (SSSR count). The zero-order valence-corrected chi connectivity index (χ0v) is 8.07. The van der Waals surface area contributed by atoms with Crippen LogP contribution >= 0.6 is 0 Å². The summed E-state index contributed by atoms with van der Waals surface area (Å²) in [5, 5.41) is 8.34. The Morgan fingerprint density at radius 2 is 2.21 bits per heavy atom. The Morgan fingerprint density at radius 3 is 2.93 bits per heavy atom. The van der Waals surface area contributed by atoms with E-state index in [9.17, 15) is 0 Å². The van der Waals surface area contributed by atoms with Crippen molar-refractivity contribution in [1.29, 1.82) is 0 Å². The Balaban J connectivity index is 2.29. The predicted molar refractivity (Wildman–Crippen MR) is 54.1 cm³/mol. The maximum atomic E-state index is 5.86. The molecule has 14 heavy (non-hydrogen) atoms. The predicted octanol–water partition coefficient (Wildman–Crippen LogP) is 1.50. The van der Waals surface area contributed by atoms with Gasteiger partial charge >= 0.3 is 0 Å². The maximum Gasteiger partial charge on any atom is 0.161 e. The Labute approximate surface area is 81.8 Å². The fourth-order valence-electron chi connectivity index (χ4n) is 1.68. The quantitative estimate of drug-likeness (QED) is 0.737. The van der Waals surface area contributed by atoms with Gasteiger partial charge in [0.1, 0.15) is 5.82 Å². The van der Waals surface area contributed by atoms with E-state index in [0.29, 0.717) is 5.92 Å². The van der Waals surface area contributed by atoms with Crippen LogP contribution in [0.15, 0.2) is 12.3 Å². The lowest BCUT2D eigenvalue weighted by Crippen LogP contribution is -1.97. The molecular weight excluding hydrogens is 176 g/mol. The Morgan fingerprint density at radius 1 is 1.43 bits per heavy atom. The number of fused-ring (bicyclic) bond motifs is 1. The molecule has 1 fully saturated rings. The molecule has 2 heterocycles. The summed E-state index contributed by atoms with van der Waals surface area (Å²) in [4.78, 5) is 0. The highest BCUT2D eigenvalue weighted by Crippen LogP contribution is 2.39. The highest BCUT2D eigenvalue weighted by molar-refractivity contribution is 5.53. The second-order valence-corrected chi connectivity index (χ2v) is 3.97. The third-order valence-electron chi connectivity index (χ3n) is 2.76. The molecule has 0 aromatic carbocycles. The molecule has 0 spiro atoms. The molecule has 1 saturated carbocycles. The largest absolute Gasteiger partial charge is 0.397 e. The van der Waals surface area contributed by atoms with E-state index in [1.54, 1.807) is 0 Å². The number of anilines is 1. The molecule has 0 unspecified atom stereocenters. The van der Waals surface area contributed by atoms with Crippen molar-refractivity contribution >= 4 is 11.3 Å². The fraction of sp³-hybridized carbons (Fsp3) is 0.400. The zero-order valence-electron chi connectivity index (χ0n) is 8.07. The van der Waals surface area contributed by atoms with E-state index in [0.717, 1.165) is 22.7 Å². The van der Waals surface area contributed by atoms with Gasteiger partial charge in [-0.15, -0.1) is 10.2 Å². The molecule has 4 heteroatoms. The van der Waals surface area contributed by atoms with E-state index in [1.807, 2.05) is 23.6 Å². The SMILES string of the molecule is Cc1cc2nnc(C3CC3)n2cc1N. The highest BCUT2D eigenvalue weighted by atomic mass is 15.3.